The first-order chi connectivity index (χ1) is 11.3. The molecule has 4 heteroatoms. The fourth-order valence-electron chi connectivity index (χ4n) is 2.85. The van der Waals surface area contributed by atoms with Crippen LogP contribution in [0.5, 0.6) is 0 Å². The van der Waals surface area contributed by atoms with Gasteiger partial charge in [-0.1, -0.05) is 36.4 Å². The van der Waals surface area contributed by atoms with Crippen molar-refractivity contribution in [3.63, 3.8) is 0 Å². The summed E-state index contributed by atoms with van der Waals surface area (Å²) in [5, 5.41) is 9.00. The molecule has 0 fully saturated rings. The van der Waals surface area contributed by atoms with Gasteiger partial charge in [0.15, 0.2) is 0 Å². The minimum atomic E-state index is -0.220. The lowest BCUT2D eigenvalue weighted by atomic mass is 10.0. The molecule has 0 unspecified atom stereocenters. The van der Waals surface area contributed by atoms with Crippen LogP contribution in [0.4, 0.5) is 10.1 Å². The third kappa shape index (κ3) is 2.78. The van der Waals surface area contributed by atoms with Gasteiger partial charge in [-0.05, 0) is 41.3 Å². The van der Waals surface area contributed by atoms with Crippen LogP contribution < -0.4 is 5.01 Å². The van der Waals surface area contributed by atoms with Gasteiger partial charge in [0.2, 0.25) is 0 Å². The van der Waals surface area contributed by atoms with Gasteiger partial charge < -0.3 is 0 Å². The summed E-state index contributed by atoms with van der Waals surface area (Å²) in [6.45, 7) is 0. The van der Waals surface area contributed by atoms with Gasteiger partial charge >= 0.3 is 0 Å². The zero-order valence-electron chi connectivity index (χ0n) is 12.4. The Kier molecular flexibility index (Phi) is 3.67. The highest BCUT2D eigenvalue weighted by atomic mass is 32.1. The molecular weight excluding hydrogens is 307 g/mol. The van der Waals surface area contributed by atoms with Crippen molar-refractivity contribution in [2.45, 2.75) is 12.5 Å². The molecule has 0 N–H and O–H groups in total. The van der Waals surface area contributed by atoms with Gasteiger partial charge in [-0.15, -0.1) is 11.3 Å². The predicted octanol–water partition coefficient (Wildman–Crippen LogP) is 5.24. The Balaban J connectivity index is 1.73. The van der Waals surface area contributed by atoms with Crippen LogP contribution in [-0.4, -0.2) is 5.71 Å². The maximum atomic E-state index is 13.2. The van der Waals surface area contributed by atoms with Gasteiger partial charge in [0.05, 0.1) is 17.4 Å². The number of nitrogens with zero attached hydrogens (tertiary/aromatic N) is 2. The van der Waals surface area contributed by atoms with Crippen LogP contribution in [0.25, 0.3) is 0 Å². The molecule has 0 radical (unpaired) electrons. The summed E-state index contributed by atoms with van der Waals surface area (Å²) in [5.74, 6) is -0.220. The molecule has 0 spiro atoms. The van der Waals surface area contributed by atoms with Gasteiger partial charge in [0.25, 0.3) is 0 Å². The van der Waals surface area contributed by atoms with Crippen molar-refractivity contribution in [3.05, 3.63) is 88.4 Å². The van der Waals surface area contributed by atoms with Crippen molar-refractivity contribution in [1.29, 1.82) is 0 Å². The standard InChI is InChI=1S/C19H15FN2S/c20-15-10-8-14(9-11-15)17-13-18(19-7-4-12-23-19)22(21-17)16-5-2-1-3-6-16/h1-12,18H,13H2/t18-/m0/s1. The minimum absolute atomic E-state index is 0.192. The smallest absolute Gasteiger partial charge is 0.123 e. The SMILES string of the molecule is Fc1ccc(C2=NN(c3ccccc3)[C@H](c3cccs3)C2)cc1. The van der Waals surface area contributed by atoms with Crippen LogP contribution in [0, 0.1) is 5.82 Å². The molecule has 0 amide bonds. The van der Waals surface area contributed by atoms with Crippen LogP contribution in [0.1, 0.15) is 22.9 Å². The number of rotatable bonds is 3. The lowest BCUT2D eigenvalue weighted by Crippen LogP contribution is -2.17. The zero-order chi connectivity index (χ0) is 15.6. The van der Waals surface area contributed by atoms with E-state index >= 15 is 0 Å². The average Bonchev–Trinajstić information content (AvgIpc) is 3.26. The molecule has 2 nitrogen and oxygen atoms in total. The topological polar surface area (TPSA) is 15.6 Å². The van der Waals surface area contributed by atoms with Crippen LogP contribution in [0.15, 0.2) is 77.2 Å². The van der Waals surface area contributed by atoms with Gasteiger partial charge in [-0.25, -0.2) is 4.39 Å². The second kappa shape index (κ2) is 5.97. The van der Waals surface area contributed by atoms with E-state index in [1.54, 1.807) is 23.5 Å². The van der Waals surface area contributed by atoms with Gasteiger partial charge in [-0.2, -0.15) is 5.10 Å². The number of para-hydroxylation sites is 1. The lowest BCUT2D eigenvalue weighted by Gasteiger charge is -2.22. The van der Waals surface area contributed by atoms with Crippen molar-refractivity contribution in [1.82, 2.24) is 0 Å². The van der Waals surface area contributed by atoms with Crippen molar-refractivity contribution < 1.29 is 4.39 Å². The Morgan fingerprint density at radius 1 is 0.957 bits per heavy atom. The number of anilines is 1. The summed E-state index contributed by atoms with van der Waals surface area (Å²) in [6, 6.07) is 21.2. The van der Waals surface area contributed by atoms with Gasteiger partial charge in [0, 0.05) is 11.3 Å². The van der Waals surface area contributed by atoms with Crippen molar-refractivity contribution in [2.24, 2.45) is 5.10 Å². The van der Waals surface area contributed by atoms with E-state index in [1.165, 1.54) is 17.0 Å². The maximum absolute atomic E-state index is 13.2. The largest absolute Gasteiger partial charge is 0.257 e. The zero-order valence-corrected chi connectivity index (χ0v) is 13.2. The third-order valence-electron chi connectivity index (χ3n) is 3.98. The normalized spacial score (nSPS) is 17.3. The molecule has 23 heavy (non-hydrogen) atoms. The first-order valence-corrected chi connectivity index (χ1v) is 8.40. The summed E-state index contributed by atoms with van der Waals surface area (Å²) in [7, 11) is 0. The molecule has 0 aliphatic carbocycles. The highest BCUT2D eigenvalue weighted by Crippen LogP contribution is 2.38. The van der Waals surface area contributed by atoms with Crippen molar-refractivity contribution in [2.75, 3.05) is 5.01 Å². The molecule has 3 aromatic rings. The first kappa shape index (κ1) is 14.2. The van der Waals surface area contributed by atoms with Crippen molar-refractivity contribution >= 4 is 22.7 Å². The van der Waals surface area contributed by atoms with E-state index in [2.05, 4.69) is 34.7 Å². The van der Waals surface area contributed by atoms with E-state index in [0.717, 1.165) is 23.4 Å². The molecule has 2 aromatic carbocycles. The second-order valence-electron chi connectivity index (χ2n) is 5.47. The molecular formula is C19H15FN2S. The minimum Gasteiger partial charge on any atom is -0.257 e. The van der Waals surface area contributed by atoms with E-state index in [4.69, 9.17) is 5.10 Å². The highest BCUT2D eigenvalue weighted by Gasteiger charge is 2.30. The monoisotopic (exact) mass is 322 g/mol. The lowest BCUT2D eigenvalue weighted by molar-refractivity contribution is 0.627. The predicted molar refractivity (Wildman–Crippen MR) is 93.5 cm³/mol. The molecule has 1 aliphatic heterocycles. The van der Waals surface area contributed by atoms with E-state index in [-0.39, 0.29) is 11.9 Å². The highest BCUT2D eigenvalue weighted by molar-refractivity contribution is 7.10. The number of hydrazone groups is 1. The number of hydrogen-bond acceptors (Lipinski definition) is 3. The van der Waals surface area contributed by atoms with Crippen molar-refractivity contribution in [3.8, 4) is 0 Å². The molecule has 0 saturated carbocycles. The molecule has 1 aromatic heterocycles. The maximum Gasteiger partial charge on any atom is 0.123 e. The number of thiophene rings is 1. The van der Waals surface area contributed by atoms with Crippen LogP contribution >= 0.6 is 11.3 Å². The second-order valence-corrected chi connectivity index (χ2v) is 6.45. The summed E-state index contributed by atoms with van der Waals surface area (Å²) < 4.78 is 13.2. The van der Waals surface area contributed by atoms with E-state index < -0.39 is 0 Å². The van der Waals surface area contributed by atoms with E-state index in [0.29, 0.717) is 0 Å². The Morgan fingerprint density at radius 2 is 1.74 bits per heavy atom. The molecule has 1 atom stereocenters. The molecule has 114 valence electrons. The molecule has 4 rings (SSSR count). The molecule has 0 bridgehead atoms. The first-order valence-electron chi connectivity index (χ1n) is 7.52. The number of hydrogen-bond donors (Lipinski definition) is 0. The Hall–Kier alpha value is -2.46. The Labute approximate surface area is 138 Å². The number of halogens is 1. The fourth-order valence-corrected chi connectivity index (χ4v) is 3.66. The number of benzene rings is 2. The summed E-state index contributed by atoms with van der Waals surface area (Å²) in [6.07, 6.45) is 0.820. The quantitative estimate of drug-likeness (QED) is 0.643. The fraction of sp³-hybridized carbons (Fsp3) is 0.105. The summed E-state index contributed by atoms with van der Waals surface area (Å²) in [4.78, 5) is 1.29. The molecule has 1 aliphatic rings. The van der Waals surface area contributed by atoms with Crippen LogP contribution in [0.2, 0.25) is 0 Å². The summed E-state index contributed by atoms with van der Waals surface area (Å²) >= 11 is 1.74. The Morgan fingerprint density at radius 3 is 2.43 bits per heavy atom. The van der Waals surface area contributed by atoms with E-state index in [9.17, 15) is 4.39 Å². The third-order valence-corrected chi connectivity index (χ3v) is 4.95. The van der Waals surface area contributed by atoms with Gasteiger partial charge in [0.1, 0.15) is 5.82 Å². The molecule has 0 saturated heterocycles. The van der Waals surface area contributed by atoms with Crippen LogP contribution in [0.3, 0.4) is 0 Å². The van der Waals surface area contributed by atoms with E-state index in [1.807, 2.05) is 18.2 Å². The Bertz CT molecular complexity index is 810. The average molecular weight is 322 g/mol. The van der Waals surface area contributed by atoms with Gasteiger partial charge in [-0.3, -0.25) is 5.01 Å². The van der Waals surface area contributed by atoms with Crippen LogP contribution in [-0.2, 0) is 0 Å². The molecule has 2 heterocycles. The summed E-state index contributed by atoms with van der Waals surface area (Å²) in [5.41, 5.74) is 3.04.